The second-order valence-electron chi connectivity index (χ2n) is 3.29. The first kappa shape index (κ1) is 6.90. The molecule has 0 amide bonds. The van der Waals surface area contributed by atoms with Gasteiger partial charge in [0.1, 0.15) is 0 Å². The lowest BCUT2D eigenvalue weighted by molar-refractivity contribution is 0.826. The molecule has 1 aliphatic carbocycles. The fraction of sp³-hybridized carbons (Fsp3) is 0.364. The van der Waals surface area contributed by atoms with Gasteiger partial charge in [-0.2, -0.15) is 0 Å². The lowest BCUT2D eigenvalue weighted by atomic mass is 10.1. The van der Waals surface area contributed by atoms with Crippen LogP contribution in [0, 0.1) is 12.3 Å². The molecule has 1 fully saturated rings. The van der Waals surface area contributed by atoms with E-state index in [1.54, 1.807) is 0 Å². The maximum atomic E-state index is 2.34. The van der Waals surface area contributed by atoms with Crippen LogP contribution in [0.25, 0.3) is 0 Å². The minimum atomic E-state index is 1.01. The smallest absolute Gasteiger partial charge is 0.00904 e. The van der Waals surface area contributed by atoms with Crippen molar-refractivity contribution in [3.8, 4) is 0 Å². The van der Waals surface area contributed by atoms with E-state index < -0.39 is 0 Å². The van der Waals surface area contributed by atoms with Crippen LogP contribution in [0.2, 0.25) is 0 Å². The summed E-state index contributed by atoms with van der Waals surface area (Å²) in [5.74, 6) is 1.01. The summed E-state index contributed by atoms with van der Waals surface area (Å²) in [4.78, 5) is 0. The number of rotatable bonds is 3. The van der Waals surface area contributed by atoms with Crippen LogP contribution in [0.15, 0.2) is 30.3 Å². The van der Waals surface area contributed by atoms with Crippen LogP contribution >= 0.6 is 0 Å². The second-order valence-corrected chi connectivity index (χ2v) is 3.29. The first-order valence-corrected chi connectivity index (χ1v) is 4.33. The SMILES string of the molecule is [CH](CC1CC1)c1ccccc1. The van der Waals surface area contributed by atoms with Crippen molar-refractivity contribution in [2.24, 2.45) is 5.92 Å². The van der Waals surface area contributed by atoms with Crippen LogP contribution in [0.4, 0.5) is 0 Å². The zero-order valence-electron chi connectivity index (χ0n) is 6.66. The summed E-state index contributed by atoms with van der Waals surface area (Å²) in [6, 6.07) is 10.6. The normalized spacial score (nSPS) is 16.7. The highest BCUT2D eigenvalue weighted by Crippen LogP contribution is 2.34. The molecular weight excluding hydrogens is 132 g/mol. The first-order valence-electron chi connectivity index (χ1n) is 4.33. The summed E-state index contributed by atoms with van der Waals surface area (Å²) < 4.78 is 0. The standard InChI is InChI=1S/C11H13/c1-2-4-10(5-3-1)6-7-11-8-9-11/h1-6,11H,7-9H2. The van der Waals surface area contributed by atoms with Gasteiger partial charge in [0.2, 0.25) is 0 Å². The molecule has 1 radical (unpaired) electrons. The van der Waals surface area contributed by atoms with Crippen molar-refractivity contribution in [1.29, 1.82) is 0 Å². The van der Waals surface area contributed by atoms with Gasteiger partial charge in [0.25, 0.3) is 0 Å². The molecule has 1 aromatic carbocycles. The maximum Gasteiger partial charge on any atom is -0.00904 e. The van der Waals surface area contributed by atoms with Gasteiger partial charge in [-0.15, -0.1) is 0 Å². The highest BCUT2D eigenvalue weighted by molar-refractivity contribution is 5.22. The van der Waals surface area contributed by atoms with Crippen molar-refractivity contribution in [3.05, 3.63) is 42.3 Å². The molecule has 1 aromatic rings. The molecule has 0 nitrogen and oxygen atoms in total. The van der Waals surface area contributed by atoms with E-state index in [1.165, 1.54) is 24.8 Å². The van der Waals surface area contributed by atoms with E-state index in [-0.39, 0.29) is 0 Å². The van der Waals surface area contributed by atoms with Crippen LogP contribution in [0.3, 0.4) is 0 Å². The summed E-state index contributed by atoms with van der Waals surface area (Å²) in [6.45, 7) is 0. The molecule has 0 heterocycles. The van der Waals surface area contributed by atoms with E-state index in [1.807, 2.05) is 0 Å². The Balaban J connectivity index is 1.85. The van der Waals surface area contributed by atoms with Crippen molar-refractivity contribution in [2.45, 2.75) is 19.3 Å². The summed E-state index contributed by atoms with van der Waals surface area (Å²) in [5, 5.41) is 0. The Morgan fingerprint density at radius 3 is 2.55 bits per heavy atom. The van der Waals surface area contributed by atoms with Gasteiger partial charge in [0.15, 0.2) is 0 Å². The minimum Gasteiger partial charge on any atom is -0.0622 e. The zero-order valence-corrected chi connectivity index (χ0v) is 6.66. The maximum absolute atomic E-state index is 2.34. The largest absolute Gasteiger partial charge is 0.0622 e. The quantitative estimate of drug-likeness (QED) is 0.613. The Kier molecular flexibility index (Phi) is 1.93. The molecule has 11 heavy (non-hydrogen) atoms. The molecule has 0 aliphatic heterocycles. The Morgan fingerprint density at radius 1 is 1.18 bits per heavy atom. The average Bonchev–Trinajstić information content (AvgIpc) is 2.86. The first-order chi connectivity index (χ1) is 5.45. The highest BCUT2D eigenvalue weighted by atomic mass is 14.3. The Bertz CT molecular complexity index is 209. The molecule has 0 heteroatoms. The van der Waals surface area contributed by atoms with Crippen molar-refractivity contribution in [2.75, 3.05) is 0 Å². The molecule has 0 spiro atoms. The van der Waals surface area contributed by atoms with Crippen LogP contribution in [-0.2, 0) is 0 Å². The van der Waals surface area contributed by atoms with Crippen LogP contribution in [-0.4, -0.2) is 0 Å². The van der Waals surface area contributed by atoms with Gasteiger partial charge in [-0.1, -0.05) is 43.2 Å². The molecule has 0 aromatic heterocycles. The van der Waals surface area contributed by atoms with Gasteiger partial charge in [0, 0.05) is 0 Å². The average molecular weight is 145 g/mol. The molecule has 57 valence electrons. The van der Waals surface area contributed by atoms with Crippen molar-refractivity contribution in [1.82, 2.24) is 0 Å². The Labute approximate surface area is 68.3 Å². The topological polar surface area (TPSA) is 0 Å². The van der Waals surface area contributed by atoms with Gasteiger partial charge >= 0.3 is 0 Å². The van der Waals surface area contributed by atoms with E-state index in [0.29, 0.717) is 0 Å². The molecule has 0 bridgehead atoms. The molecule has 0 saturated heterocycles. The van der Waals surface area contributed by atoms with Crippen LogP contribution < -0.4 is 0 Å². The molecule has 1 saturated carbocycles. The van der Waals surface area contributed by atoms with Gasteiger partial charge < -0.3 is 0 Å². The third-order valence-electron chi connectivity index (χ3n) is 2.18. The molecule has 0 unspecified atom stereocenters. The molecule has 2 rings (SSSR count). The van der Waals surface area contributed by atoms with E-state index in [2.05, 4.69) is 36.8 Å². The predicted molar refractivity (Wildman–Crippen MR) is 47.2 cm³/mol. The van der Waals surface area contributed by atoms with Gasteiger partial charge in [-0.25, -0.2) is 0 Å². The second kappa shape index (κ2) is 3.08. The number of hydrogen-bond donors (Lipinski definition) is 0. The van der Waals surface area contributed by atoms with Crippen molar-refractivity contribution in [3.63, 3.8) is 0 Å². The van der Waals surface area contributed by atoms with Gasteiger partial charge in [0.05, 0.1) is 0 Å². The molecule has 1 aliphatic rings. The summed E-state index contributed by atoms with van der Waals surface area (Å²) >= 11 is 0. The lowest BCUT2D eigenvalue weighted by Crippen LogP contribution is -1.81. The monoisotopic (exact) mass is 145 g/mol. The third-order valence-corrected chi connectivity index (χ3v) is 2.18. The van der Waals surface area contributed by atoms with Crippen molar-refractivity contribution >= 4 is 0 Å². The van der Waals surface area contributed by atoms with Crippen LogP contribution in [0.1, 0.15) is 24.8 Å². The van der Waals surface area contributed by atoms with E-state index >= 15 is 0 Å². The van der Waals surface area contributed by atoms with E-state index in [4.69, 9.17) is 0 Å². The molecule has 0 atom stereocenters. The molecule has 0 N–H and O–H groups in total. The van der Waals surface area contributed by atoms with Gasteiger partial charge in [-0.05, 0) is 24.3 Å². The number of hydrogen-bond acceptors (Lipinski definition) is 0. The predicted octanol–water partition coefficient (Wildman–Crippen LogP) is 3.04. The fourth-order valence-corrected chi connectivity index (χ4v) is 1.25. The summed E-state index contributed by atoms with van der Waals surface area (Å²) in [6.07, 6.45) is 6.52. The third kappa shape index (κ3) is 2.07. The zero-order chi connectivity index (χ0) is 7.52. The Hall–Kier alpha value is -0.780. The van der Waals surface area contributed by atoms with E-state index in [0.717, 1.165) is 5.92 Å². The molecular formula is C11H13. The number of benzene rings is 1. The fourth-order valence-electron chi connectivity index (χ4n) is 1.25. The summed E-state index contributed by atoms with van der Waals surface area (Å²) in [5.41, 5.74) is 1.37. The van der Waals surface area contributed by atoms with Gasteiger partial charge in [-0.3, -0.25) is 0 Å². The summed E-state index contributed by atoms with van der Waals surface area (Å²) in [7, 11) is 0. The van der Waals surface area contributed by atoms with E-state index in [9.17, 15) is 0 Å². The van der Waals surface area contributed by atoms with Crippen molar-refractivity contribution < 1.29 is 0 Å². The highest BCUT2D eigenvalue weighted by Gasteiger charge is 2.20. The Morgan fingerprint density at radius 2 is 1.91 bits per heavy atom. The lowest BCUT2D eigenvalue weighted by Gasteiger charge is -1.97. The minimum absolute atomic E-state index is 1.01. The van der Waals surface area contributed by atoms with Crippen LogP contribution in [0.5, 0.6) is 0 Å².